The molecule has 116 valence electrons. The van der Waals surface area contributed by atoms with Crippen LogP contribution in [0.5, 0.6) is 0 Å². The van der Waals surface area contributed by atoms with E-state index in [2.05, 4.69) is 6.58 Å². The Bertz CT molecular complexity index is 591. The van der Waals surface area contributed by atoms with Crippen molar-refractivity contribution in [2.45, 2.75) is 31.3 Å². The Morgan fingerprint density at radius 1 is 1.00 bits per heavy atom. The lowest BCUT2D eigenvalue weighted by Gasteiger charge is -2.22. The summed E-state index contributed by atoms with van der Waals surface area (Å²) >= 11 is 0. The SMILES string of the molecule is C=CCCC(O)C(F)(F)c1ccc(Cc2ccccc2)cc1. The fraction of sp³-hybridized carbons (Fsp3) is 0.263. The average Bonchev–Trinajstić information content (AvgIpc) is 2.54. The maximum absolute atomic E-state index is 14.1. The molecule has 0 radical (unpaired) electrons. The zero-order valence-electron chi connectivity index (χ0n) is 12.4. The quantitative estimate of drug-likeness (QED) is 0.735. The van der Waals surface area contributed by atoms with E-state index in [9.17, 15) is 13.9 Å². The van der Waals surface area contributed by atoms with E-state index in [0.717, 1.165) is 11.1 Å². The third kappa shape index (κ3) is 4.01. The van der Waals surface area contributed by atoms with Crippen LogP contribution in [0.4, 0.5) is 8.78 Å². The molecule has 1 nitrogen and oxygen atoms in total. The van der Waals surface area contributed by atoms with Gasteiger partial charge in [-0.15, -0.1) is 6.58 Å². The summed E-state index contributed by atoms with van der Waals surface area (Å²) in [5.41, 5.74) is 1.94. The topological polar surface area (TPSA) is 20.2 Å². The standard InChI is InChI=1S/C19H20F2O/c1-2-3-9-18(22)19(20,21)17-12-10-16(11-13-17)14-15-7-5-4-6-8-15/h2,4-8,10-13,18,22H,1,3,9,14H2. The van der Waals surface area contributed by atoms with Gasteiger partial charge in [0.15, 0.2) is 0 Å². The number of hydrogen-bond acceptors (Lipinski definition) is 1. The molecule has 22 heavy (non-hydrogen) atoms. The van der Waals surface area contributed by atoms with E-state index in [0.29, 0.717) is 12.8 Å². The average molecular weight is 302 g/mol. The summed E-state index contributed by atoms with van der Waals surface area (Å²) in [5.74, 6) is -3.24. The molecule has 0 saturated carbocycles. The van der Waals surface area contributed by atoms with Crippen LogP contribution in [0.1, 0.15) is 29.5 Å². The maximum Gasteiger partial charge on any atom is 0.298 e. The van der Waals surface area contributed by atoms with Gasteiger partial charge in [-0.05, 0) is 30.4 Å². The number of aliphatic hydroxyl groups excluding tert-OH is 1. The van der Waals surface area contributed by atoms with Crippen LogP contribution in [0.25, 0.3) is 0 Å². The summed E-state index contributed by atoms with van der Waals surface area (Å²) in [6.45, 7) is 3.48. The molecule has 2 aromatic rings. The van der Waals surface area contributed by atoms with E-state index < -0.39 is 12.0 Å². The van der Waals surface area contributed by atoms with Crippen LogP contribution in [0, 0.1) is 0 Å². The van der Waals surface area contributed by atoms with Crippen LogP contribution < -0.4 is 0 Å². The van der Waals surface area contributed by atoms with Gasteiger partial charge < -0.3 is 5.11 Å². The molecule has 2 aromatic carbocycles. The van der Waals surface area contributed by atoms with Gasteiger partial charge in [0.1, 0.15) is 6.10 Å². The molecule has 0 fully saturated rings. The van der Waals surface area contributed by atoms with Crippen molar-refractivity contribution in [1.29, 1.82) is 0 Å². The molecule has 0 aliphatic heterocycles. The van der Waals surface area contributed by atoms with Crippen molar-refractivity contribution in [2.75, 3.05) is 0 Å². The van der Waals surface area contributed by atoms with Crippen LogP contribution in [-0.4, -0.2) is 11.2 Å². The minimum atomic E-state index is -3.24. The number of rotatable bonds is 7. The van der Waals surface area contributed by atoms with Crippen LogP contribution in [0.2, 0.25) is 0 Å². The van der Waals surface area contributed by atoms with Gasteiger partial charge in [-0.1, -0.05) is 60.7 Å². The van der Waals surface area contributed by atoms with Gasteiger partial charge in [-0.3, -0.25) is 0 Å². The predicted molar refractivity (Wildman–Crippen MR) is 85.0 cm³/mol. The zero-order valence-corrected chi connectivity index (χ0v) is 12.4. The van der Waals surface area contributed by atoms with Gasteiger partial charge in [0.2, 0.25) is 0 Å². The molecule has 1 atom stereocenters. The van der Waals surface area contributed by atoms with Crippen LogP contribution in [0.3, 0.4) is 0 Å². The van der Waals surface area contributed by atoms with Crippen LogP contribution in [-0.2, 0) is 12.3 Å². The normalized spacial score (nSPS) is 12.9. The van der Waals surface area contributed by atoms with E-state index in [1.807, 2.05) is 30.3 Å². The molecule has 0 aliphatic carbocycles. The van der Waals surface area contributed by atoms with E-state index in [1.54, 1.807) is 12.1 Å². The first kappa shape index (κ1) is 16.4. The molecular formula is C19H20F2O. The van der Waals surface area contributed by atoms with Crippen molar-refractivity contribution < 1.29 is 13.9 Å². The first-order valence-corrected chi connectivity index (χ1v) is 7.34. The highest BCUT2D eigenvalue weighted by Crippen LogP contribution is 2.34. The van der Waals surface area contributed by atoms with Gasteiger partial charge in [-0.2, -0.15) is 8.78 Å². The summed E-state index contributed by atoms with van der Waals surface area (Å²) in [6, 6.07) is 16.0. The van der Waals surface area contributed by atoms with Crippen LogP contribution in [0.15, 0.2) is 67.3 Å². The lowest BCUT2D eigenvalue weighted by Crippen LogP contribution is -2.30. The van der Waals surface area contributed by atoms with Gasteiger partial charge in [0.25, 0.3) is 5.92 Å². The molecule has 3 heteroatoms. The summed E-state index contributed by atoms with van der Waals surface area (Å²) in [6.07, 6.45) is 0.907. The first-order valence-electron chi connectivity index (χ1n) is 7.34. The highest BCUT2D eigenvalue weighted by atomic mass is 19.3. The Morgan fingerprint density at radius 3 is 2.18 bits per heavy atom. The van der Waals surface area contributed by atoms with Crippen molar-refractivity contribution in [1.82, 2.24) is 0 Å². The molecule has 0 heterocycles. The zero-order chi connectivity index (χ0) is 16.0. The molecule has 0 spiro atoms. The van der Waals surface area contributed by atoms with Crippen molar-refractivity contribution in [3.05, 3.63) is 83.9 Å². The Balaban J connectivity index is 2.09. The Kier molecular flexibility index (Phi) is 5.45. The van der Waals surface area contributed by atoms with Gasteiger partial charge in [-0.25, -0.2) is 0 Å². The lowest BCUT2D eigenvalue weighted by atomic mass is 9.97. The molecule has 1 unspecified atom stereocenters. The second-order valence-corrected chi connectivity index (χ2v) is 5.36. The second-order valence-electron chi connectivity index (χ2n) is 5.36. The predicted octanol–water partition coefficient (Wildman–Crippen LogP) is 4.70. The molecule has 0 bridgehead atoms. The molecule has 0 amide bonds. The fourth-order valence-corrected chi connectivity index (χ4v) is 2.33. The first-order chi connectivity index (χ1) is 10.5. The van der Waals surface area contributed by atoms with Crippen molar-refractivity contribution >= 4 is 0 Å². The maximum atomic E-state index is 14.1. The fourth-order valence-electron chi connectivity index (χ4n) is 2.33. The smallest absolute Gasteiger partial charge is 0.298 e. The molecular weight excluding hydrogens is 282 g/mol. The number of halogens is 2. The van der Waals surface area contributed by atoms with Crippen molar-refractivity contribution in [2.24, 2.45) is 0 Å². The summed E-state index contributed by atoms with van der Waals surface area (Å²) in [5, 5.41) is 9.67. The Labute approximate surface area is 129 Å². The summed E-state index contributed by atoms with van der Waals surface area (Å²) in [4.78, 5) is 0. The van der Waals surface area contributed by atoms with E-state index in [4.69, 9.17) is 0 Å². The third-order valence-electron chi connectivity index (χ3n) is 3.65. The molecule has 1 N–H and O–H groups in total. The largest absolute Gasteiger partial charge is 0.386 e. The van der Waals surface area contributed by atoms with Gasteiger partial charge >= 0.3 is 0 Å². The molecule has 0 aliphatic rings. The summed E-state index contributed by atoms with van der Waals surface area (Å²) < 4.78 is 28.3. The van der Waals surface area contributed by atoms with E-state index in [1.165, 1.54) is 18.2 Å². The molecule has 0 saturated heterocycles. The minimum Gasteiger partial charge on any atom is -0.386 e. The third-order valence-corrected chi connectivity index (χ3v) is 3.65. The molecule has 0 aromatic heterocycles. The Hall–Kier alpha value is -2.00. The van der Waals surface area contributed by atoms with Crippen LogP contribution >= 0.6 is 0 Å². The van der Waals surface area contributed by atoms with Gasteiger partial charge in [0.05, 0.1) is 0 Å². The van der Waals surface area contributed by atoms with E-state index in [-0.39, 0.29) is 12.0 Å². The second kappa shape index (κ2) is 7.32. The Morgan fingerprint density at radius 2 is 1.59 bits per heavy atom. The van der Waals surface area contributed by atoms with Crippen molar-refractivity contribution in [3.8, 4) is 0 Å². The molecule has 2 rings (SSSR count). The minimum absolute atomic E-state index is 0.00225. The number of hydrogen-bond donors (Lipinski definition) is 1. The van der Waals surface area contributed by atoms with E-state index >= 15 is 0 Å². The van der Waals surface area contributed by atoms with Crippen molar-refractivity contribution in [3.63, 3.8) is 0 Å². The number of aliphatic hydroxyl groups is 1. The highest BCUT2D eigenvalue weighted by Gasteiger charge is 2.39. The number of allylic oxidation sites excluding steroid dienone is 1. The number of alkyl halides is 2. The monoisotopic (exact) mass is 302 g/mol. The number of benzene rings is 2. The highest BCUT2D eigenvalue weighted by molar-refractivity contribution is 5.30. The lowest BCUT2D eigenvalue weighted by molar-refractivity contribution is -0.117. The summed E-state index contributed by atoms with van der Waals surface area (Å²) in [7, 11) is 0. The van der Waals surface area contributed by atoms with Gasteiger partial charge in [0, 0.05) is 5.56 Å².